The van der Waals surface area contributed by atoms with E-state index >= 15 is 0 Å². The van der Waals surface area contributed by atoms with Gasteiger partial charge in [-0.05, 0) is 29.9 Å². The average molecular weight is 226 g/mol. The van der Waals surface area contributed by atoms with E-state index in [0.29, 0.717) is 11.7 Å². The van der Waals surface area contributed by atoms with Gasteiger partial charge in [0.05, 0.1) is 0 Å². The molecule has 0 bridgehead atoms. The van der Waals surface area contributed by atoms with E-state index in [-0.39, 0.29) is 5.41 Å². The second-order valence-electron chi connectivity index (χ2n) is 5.31. The highest BCUT2D eigenvalue weighted by atomic mass is 16.1. The van der Waals surface area contributed by atoms with Crippen LogP contribution in [0.25, 0.3) is 6.08 Å². The molecule has 0 aliphatic heterocycles. The van der Waals surface area contributed by atoms with Crippen LogP contribution in [0.2, 0.25) is 0 Å². The monoisotopic (exact) mass is 226 g/mol. The quantitative estimate of drug-likeness (QED) is 0.713. The zero-order chi connectivity index (χ0) is 11.9. The summed E-state index contributed by atoms with van der Waals surface area (Å²) < 4.78 is 0. The minimum Gasteiger partial charge on any atom is -0.300 e. The Morgan fingerprint density at radius 2 is 2.18 bits per heavy atom. The molecule has 1 heteroatoms. The first kappa shape index (κ1) is 10.8. The van der Waals surface area contributed by atoms with Gasteiger partial charge in [-0.2, -0.15) is 0 Å². The summed E-state index contributed by atoms with van der Waals surface area (Å²) >= 11 is 0. The summed E-state index contributed by atoms with van der Waals surface area (Å²) in [6.45, 7) is 2.26. The van der Waals surface area contributed by atoms with Crippen molar-refractivity contribution in [2.45, 2.75) is 38.0 Å². The Morgan fingerprint density at radius 1 is 1.35 bits per heavy atom. The molecule has 2 aliphatic carbocycles. The van der Waals surface area contributed by atoms with E-state index in [1.54, 1.807) is 0 Å². The average Bonchev–Trinajstić information content (AvgIpc) is 2.38. The van der Waals surface area contributed by atoms with Gasteiger partial charge in [0, 0.05) is 18.3 Å². The molecule has 0 radical (unpaired) electrons. The summed E-state index contributed by atoms with van der Waals surface area (Å²) in [5, 5.41) is 0. The van der Waals surface area contributed by atoms with E-state index in [0.717, 1.165) is 25.7 Å². The lowest BCUT2D eigenvalue weighted by Crippen LogP contribution is -2.41. The molecular weight excluding hydrogens is 208 g/mol. The van der Waals surface area contributed by atoms with Gasteiger partial charge in [-0.15, -0.1) is 0 Å². The fraction of sp³-hybridized carbons (Fsp3) is 0.438. The molecule has 2 aliphatic rings. The van der Waals surface area contributed by atoms with E-state index in [1.165, 1.54) is 11.1 Å². The van der Waals surface area contributed by atoms with Gasteiger partial charge in [0.1, 0.15) is 5.78 Å². The van der Waals surface area contributed by atoms with E-state index in [9.17, 15) is 4.79 Å². The van der Waals surface area contributed by atoms with Gasteiger partial charge < -0.3 is 0 Å². The standard InChI is InChI=1S/C16H18O/c1-2-16-10-9-14(17)11-13(16)8-7-12-5-3-4-6-15(12)16/h3-8,13H,2,9-11H2,1H3/t13-,16+/m1/s1. The fourth-order valence-corrected chi connectivity index (χ4v) is 3.62. The smallest absolute Gasteiger partial charge is 0.133 e. The highest BCUT2D eigenvalue weighted by Gasteiger charge is 2.44. The molecular formula is C16H18O. The topological polar surface area (TPSA) is 17.1 Å². The third-order valence-electron chi connectivity index (χ3n) is 4.64. The molecule has 0 amide bonds. The van der Waals surface area contributed by atoms with Crippen LogP contribution in [0, 0.1) is 5.92 Å². The second-order valence-corrected chi connectivity index (χ2v) is 5.31. The Hall–Kier alpha value is -1.37. The van der Waals surface area contributed by atoms with Crippen LogP contribution in [-0.2, 0) is 10.2 Å². The van der Waals surface area contributed by atoms with Crippen molar-refractivity contribution >= 4 is 11.9 Å². The van der Waals surface area contributed by atoms with Crippen molar-refractivity contribution in [2.75, 3.05) is 0 Å². The number of allylic oxidation sites excluding steroid dienone is 1. The van der Waals surface area contributed by atoms with Gasteiger partial charge in [0.25, 0.3) is 0 Å². The number of fused-ring (bicyclic) bond motifs is 3. The van der Waals surface area contributed by atoms with Gasteiger partial charge in [0.15, 0.2) is 0 Å². The Morgan fingerprint density at radius 3 is 3.00 bits per heavy atom. The van der Waals surface area contributed by atoms with Crippen LogP contribution in [0.5, 0.6) is 0 Å². The molecule has 1 fully saturated rings. The molecule has 1 nitrogen and oxygen atoms in total. The lowest BCUT2D eigenvalue weighted by atomic mass is 9.58. The molecule has 1 aromatic rings. The largest absolute Gasteiger partial charge is 0.300 e. The molecule has 0 heterocycles. The molecule has 0 spiro atoms. The summed E-state index contributed by atoms with van der Waals surface area (Å²) in [5.41, 5.74) is 3.03. The SMILES string of the molecule is CC[C@]12CCC(=O)C[C@H]1C=Cc1ccccc12. The lowest BCUT2D eigenvalue weighted by molar-refractivity contribution is -0.122. The Bertz CT molecular complexity index is 486. The van der Waals surface area contributed by atoms with Crippen LogP contribution in [0.3, 0.4) is 0 Å². The number of Topliss-reactive ketones (excluding diaryl/α,β-unsaturated/α-hetero) is 1. The third-order valence-corrected chi connectivity index (χ3v) is 4.64. The Balaban J connectivity index is 2.14. The molecule has 0 aromatic heterocycles. The number of ketones is 1. The molecule has 0 saturated heterocycles. The molecule has 0 N–H and O–H groups in total. The van der Waals surface area contributed by atoms with Crippen molar-refractivity contribution in [3.63, 3.8) is 0 Å². The number of rotatable bonds is 1. The summed E-state index contributed by atoms with van der Waals surface area (Å²) in [6.07, 6.45) is 8.11. The van der Waals surface area contributed by atoms with Crippen LogP contribution < -0.4 is 0 Å². The summed E-state index contributed by atoms with van der Waals surface area (Å²) in [7, 11) is 0. The summed E-state index contributed by atoms with van der Waals surface area (Å²) in [4.78, 5) is 11.7. The summed E-state index contributed by atoms with van der Waals surface area (Å²) in [5.74, 6) is 0.853. The van der Waals surface area contributed by atoms with Gasteiger partial charge >= 0.3 is 0 Å². The lowest BCUT2D eigenvalue weighted by Gasteiger charge is -2.45. The normalized spacial score (nSPS) is 30.9. The molecule has 3 rings (SSSR count). The maximum absolute atomic E-state index is 11.7. The zero-order valence-electron chi connectivity index (χ0n) is 10.3. The molecule has 17 heavy (non-hydrogen) atoms. The van der Waals surface area contributed by atoms with E-state index in [4.69, 9.17) is 0 Å². The van der Waals surface area contributed by atoms with Crippen LogP contribution >= 0.6 is 0 Å². The number of carbonyl (C=O) groups is 1. The van der Waals surface area contributed by atoms with Crippen molar-refractivity contribution in [2.24, 2.45) is 5.92 Å². The minimum absolute atomic E-state index is 0.221. The van der Waals surface area contributed by atoms with Gasteiger partial charge in [-0.25, -0.2) is 0 Å². The van der Waals surface area contributed by atoms with E-state index in [1.807, 2.05) is 0 Å². The number of carbonyl (C=O) groups excluding carboxylic acids is 1. The molecule has 2 atom stereocenters. The van der Waals surface area contributed by atoms with E-state index < -0.39 is 0 Å². The van der Waals surface area contributed by atoms with Crippen molar-refractivity contribution in [3.05, 3.63) is 41.5 Å². The van der Waals surface area contributed by atoms with Crippen LogP contribution in [0.15, 0.2) is 30.3 Å². The third kappa shape index (κ3) is 1.49. The zero-order valence-corrected chi connectivity index (χ0v) is 10.3. The molecule has 1 aromatic carbocycles. The number of hydrogen-bond donors (Lipinski definition) is 0. The van der Waals surface area contributed by atoms with Gasteiger partial charge in [0.2, 0.25) is 0 Å². The fourth-order valence-electron chi connectivity index (χ4n) is 3.62. The van der Waals surface area contributed by atoms with Crippen molar-refractivity contribution < 1.29 is 4.79 Å². The predicted octanol–water partition coefficient (Wildman–Crippen LogP) is 3.73. The highest BCUT2D eigenvalue weighted by Crippen LogP contribution is 2.49. The second kappa shape index (κ2) is 3.83. The molecule has 88 valence electrons. The molecule has 1 saturated carbocycles. The highest BCUT2D eigenvalue weighted by molar-refractivity contribution is 5.81. The Kier molecular flexibility index (Phi) is 2.43. The summed E-state index contributed by atoms with van der Waals surface area (Å²) in [6, 6.07) is 8.67. The first-order valence-corrected chi connectivity index (χ1v) is 6.56. The van der Waals surface area contributed by atoms with Crippen molar-refractivity contribution in [1.82, 2.24) is 0 Å². The minimum atomic E-state index is 0.221. The van der Waals surface area contributed by atoms with Crippen molar-refractivity contribution in [1.29, 1.82) is 0 Å². The first-order valence-electron chi connectivity index (χ1n) is 6.56. The number of hydrogen-bond acceptors (Lipinski definition) is 1. The van der Waals surface area contributed by atoms with Gasteiger partial charge in [-0.3, -0.25) is 4.79 Å². The Labute approximate surface area is 103 Å². The predicted molar refractivity (Wildman–Crippen MR) is 69.8 cm³/mol. The van der Waals surface area contributed by atoms with Gasteiger partial charge in [-0.1, -0.05) is 43.3 Å². The maximum Gasteiger partial charge on any atom is 0.133 e. The first-order chi connectivity index (χ1) is 8.26. The van der Waals surface area contributed by atoms with Crippen LogP contribution in [-0.4, -0.2) is 5.78 Å². The maximum atomic E-state index is 11.7. The van der Waals surface area contributed by atoms with E-state index in [2.05, 4.69) is 43.3 Å². The number of benzene rings is 1. The van der Waals surface area contributed by atoms with Crippen molar-refractivity contribution in [3.8, 4) is 0 Å². The van der Waals surface area contributed by atoms with Crippen LogP contribution in [0.1, 0.15) is 43.7 Å². The molecule has 0 unspecified atom stereocenters. The van der Waals surface area contributed by atoms with Crippen LogP contribution in [0.4, 0.5) is 0 Å².